The number of carbonyl (C=O) groups is 1. The summed E-state index contributed by atoms with van der Waals surface area (Å²) in [6.45, 7) is 3.58. The fraction of sp³-hybridized carbons (Fsp3) is 0.182. The molecule has 0 N–H and O–H groups in total. The lowest BCUT2D eigenvalue weighted by atomic mass is 10.2. The average molecular weight is 479 g/mol. The number of rotatable bonds is 6. The molecule has 0 radical (unpaired) electrons. The van der Waals surface area contributed by atoms with Crippen LogP contribution < -0.4 is 4.74 Å². The van der Waals surface area contributed by atoms with Gasteiger partial charge in [0.05, 0.1) is 17.4 Å². The lowest BCUT2D eigenvalue weighted by Crippen LogP contribution is -1.99. The topological polar surface area (TPSA) is 135 Å². The van der Waals surface area contributed by atoms with Crippen LogP contribution in [0.2, 0.25) is 0 Å². The minimum atomic E-state index is -0.483. The van der Waals surface area contributed by atoms with Crippen LogP contribution in [-0.2, 0) is 11.3 Å². The maximum Gasteiger partial charge on any atom is 0.348 e. The Morgan fingerprint density at radius 1 is 1.26 bits per heavy atom. The average Bonchev–Trinajstić information content (AvgIpc) is 3.54. The van der Waals surface area contributed by atoms with Crippen molar-refractivity contribution in [3.05, 3.63) is 68.5 Å². The molecule has 0 aliphatic carbocycles. The molecule has 0 aliphatic heterocycles. The minimum Gasteiger partial charge on any atom is -0.479 e. The number of carbonyl (C=O) groups excluding carboxylic acids is 1. The van der Waals surface area contributed by atoms with Crippen LogP contribution in [0.1, 0.15) is 26.6 Å². The molecule has 5 aromatic rings. The number of hydrogen-bond acceptors (Lipinski definition) is 10. The smallest absolute Gasteiger partial charge is 0.348 e. The van der Waals surface area contributed by atoms with E-state index in [-0.39, 0.29) is 18.0 Å². The van der Waals surface area contributed by atoms with Crippen molar-refractivity contribution >= 4 is 38.9 Å². The highest BCUT2D eigenvalue weighted by atomic mass is 32.1. The first-order chi connectivity index (χ1) is 16.4. The van der Waals surface area contributed by atoms with Gasteiger partial charge >= 0.3 is 11.7 Å². The zero-order chi connectivity index (χ0) is 24.0. The van der Waals surface area contributed by atoms with Crippen LogP contribution in [0, 0.1) is 24.0 Å². The molecule has 0 atom stereocenters. The van der Waals surface area contributed by atoms with Crippen LogP contribution in [0.3, 0.4) is 0 Å². The molecule has 0 unspecified atom stereocenters. The first kappa shape index (κ1) is 21.5. The van der Waals surface area contributed by atoms with E-state index in [0.29, 0.717) is 38.1 Å². The molecule has 0 fully saturated rings. The lowest BCUT2D eigenvalue weighted by Gasteiger charge is -2.05. The molecular formula is C22H17N5O6S. The molecule has 0 bridgehead atoms. The summed E-state index contributed by atoms with van der Waals surface area (Å²) in [5.41, 5.74) is 1.91. The van der Waals surface area contributed by atoms with Gasteiger partial charge in [-0.3, -0.25) is 10.1 Å². The quantitative estimate of drug-likeness (QED) is 0.196. The Morgan fingerprint density at radius 3 is 2.85 bits per heavy atom. The van der Waals surface area contributed by atoms with E-state index in [9.17, 15) is 14.9 Å². The Balaban J connectivity index is 1.44. The Labute approximate surface area is 195 Å². The minimum absolute atomic E-state index is 0.00476. The highest BCUT2D eigenvalue weighted by Gasteiger charge is 2.22. The summed E-state index contributed by atoms with van der Waals surface area (Å²) in [4.78, 5) is 32.9. The molecule has 1 aromatic carbocycles. The van der Waals surface area contributed by atoms with Gasteiger partial charge in [0.15, 0.2) is 17.2 Å². The molecule has 5 rings (SSSR count). The zero-order valence-electron chi connectivity index (χ0n) is 18.3. The van der Waals surface area contributed by atoms with E-state index in [1.807, 2.05) is 6.92 Å². The summed E-state index contributed by atoms with van der Waals surface area (Å²) in [6, 6.07) is 8.15. The maximum atomic E-state index is 12.1. The third-order valence-electron chi connectivity index (χ3n) is 5.20. The second-order valence-electron chi connectivity index (χ2n) is 7.46. The van der Waals surface area contributed by atoms with Gasteiger partial charge < -0.3 is 13.9 Å². The van der Waals surface area contributed by atoms with Crippen molar-refractivity contribution in [2.24, 2.45) is 0 Å². The number of methoxy groups -OCH3 is 1. The van der Waals surface area contributed by atoms with Gasteiger partial charge in [-0.25, -0.2) is 19.3 Å². The molecule has 0 spiro atoms. The van der Waals surface area contributed by atoms with Crippen LogP contribution in [0.5, 0.6) is 5.75 Å². The summed E-state index contributed by atoms with van der Waals surface area (Å²) in [7, 11) is 1.33. The normalized spacial score (nSPS) is 11.3. The predicted molar refractivity (Wildman–Crippen MR) is 122 cm³/mol. The number of thiophene rings is 1. The van der Waals surface area contributed by atoms with Crippen molar-refractivity contribution in [3.8, 4) is 17.3 Å². The molecule has 11 nitrogen and oxygen atoms in total. The molecule has 0 saturated heterocycles. The van der Waals surface area contributed by atoms with Gasteiger partial charge in [-0.15, -0.1) is 16.4 Å². The van der Waals surface area contributed by atoms with Crippen LogP contribution >= 0.6 is 11.3 Å². The number of aromatic nitrogens is 4. The van der Waals surface area contributed by atoms with Crippen LogP contribution in [0.25, 0.3) is 27.4 Å². The Kier molecular flexibility index (Phi) is 5.21. The molecule has 0 aliphatic rings. The number of esters is 1. The van der Waals surface area contributed by atoms with Crippen molar-refractivity contribution in [1.82, 2.24) is 19.6 Å². The Morgan fingerprint density at radius 2 is 2.09 bits per heavy atom. The maximum absolute atomic E-state index is 12.1. The lowest BCUT2D eigenvalue weighted by molar-refractivity contribution is -0.386. The van der Waals surface area contributed by atoms with Gasteiger partial charge in [-0.05, 0) is 43.2 Å². The van der Waals surface area contributed by atoms with E-state index < -0.39 is 10.9 Å². The third kappa shape index (κ3) is 3.63. The van der Waals surface area contributed by atoms with Gasteiger partial charge in [0.25, 0.3) is 0 Å². The van der Waals surface area contributed by atoms with Crippen molar-refractivity contribution in [2.45, 2.75) is 20.5 Å². The number of fused-ring (bicyclic) bond motifs is 3. The monoisotopic (exact) mass is 479 g/mol. The van der Waals surface area contributed by atoms with Gasteiger partial charge in [0.2, 0.25) is 5.82 Å². The molecule has 0 amide bonds. The number of nitro groups is 1. The fourth-order valence-electron chi connectivity index (χ4n) is 3.54. The summed E-state index contributed by atoms with van der Waals surface area (Å²) in [5.74, 6) is 0.902. The van der Waals surface area contributed by atoms with Gasteiger partial charge in [-0.1, -0.05) is 6.07 Å². The number of nitrogens with zero attached hydrogens (tertiary/aromatic N) is 5. The SMILES string of the molecule is COC(=O)c1sc2ncn3nc(-c4ccc(COc5ccc(C)cc5[N+](=O)[O-])o4)nc3c2c1C. The zero-order valence-corrected chi connectivity index (χ0v) is 19.1. The molecule has 12 heteroatoms. The van der Waals surface area contributed by atoms with Crippen LogP contribution in [0.4, 0.5) is 5.69 Å². The molecule has 4 heterocycles. The number of nitro benzene ring substituents is 1. The van der Waals surface area contributed by atoms with Crippen molar-refractivity contribution in [1.29, 1.82) is 0 Å². The van der Waals surface area contributed by atoms with Crippen molar-refractivity contribution < 1.29 is 23.6 Å². The van der Waals surface area contributed by atoms with E-state index in [1.54, 1.807) is 31.2 Å². The first-order valence-electron chi connectivity index (χ1n) is 10.1. The van der Waals surface area contributed by atoms with Gasteiger partial charge in [0.1, 0.15) is 28.4 Å². The summed E-state index contributed by atoms with van der Waals surface area (Å²) in [6.07, 6.45) is 1.52. The predicted octanol–water partition coefficient (Wildman–Crippen LogP) is 4.49. The number of furan rings is 1. The van der Waals surface area contributed by atoms with E-state index in [1.165, 1.54) is 35.4 Å². The third-order valence-corrected chi connectivity index (χ3v) is 6.38. The fourth-order valence-corrected chi connectivity index (χ4v) is 4.60. The van der Waals surface area contributed by atoms with Crippen molar-refractivity contribution in [2.75, 3.05) is 7.11 Å². The largest absolute Gasteiger partial charge is 0.479 e. The molecule has 4 aromatic heterocycles. The molecule has 172 valence electrons. The Hall–Kier alpha value is -4.32. The van der Waals surface area contributed by atoms with E-state index in [4.69, 9.17) is 13.9 Å². The highest BCUT2D eigenvalue weighted by molar-refractivity contribution is 7.20. The number of ether oxygens (including phenoxy) is 2. The van der Waals surface area contributed by atoms with Gasteiger partial charge in [-0.2, -0.15) is 0 Å². The van der Waals surface area contributed by atoms with Crippen molar-refractivity contribution in [3.63, 3.8) is 0 Å². The molecular weight excluding hydrogens is 462 g/mol. The highest BCUT2D eigenvalue weighted by Crippen LogP contribution is 2.33. The van der Waals surface area contributed by atoms with Gasteiger partial charge in [0, 0.05) is 6.07 Å². The number of hydrogen-bond donors (Lipinski definition) is 0. The Bertz CT molecular complexity index is 1580. The molecule has 0 saturated carbocycles. The number of benzene rings is 1. The van der Waals surface area contributed by atoms with E-state index in [0.717, 1.165) is 11.1 Å². The van der Waals surface area contributed by atoms with Crippen LogP contribution in [0.15, 0.2) is 41.1 Å². The first-order valence-corrected chi connectivity index (χ1v) is 10.9. The summed E-state index contributed by atoms with van der Waals surface area (Å²) in [5, 5.41) is 16.4. The standard InChI is InChI=1S/C22H17N5O6S/c1-11-4-6-15(14(8-11)27(29)30)32-9-13-5-7-16(33-13)19-24-20-17-12(2)18(22(28)31-3)34-21(17)23-10-26(20)25-19/h4-8,10H,9H2,1-3H3. The van der Waals surface area contributed by atoms with E-state index >= 15 is 0 Å². The second kappa shape index (κ2) is 8.23. The van der Waals surface area contributed by atoms with Crippen LogP contribution in [-0.4, -0.2) is 37.6 Å². The summed E-state index contributed by atoms with van der Waals surface area (Å²) >= 11 is 1.23. The molecule has 34 heavy (non-hydrogen) atoms. The summed E-state index contributed by atoms with van der Waals surface area (Å²) < 4.78 is 17.8. The number of aryl methyl sites for hydroxylation is 2. The van der Waals surface area contributed by atoms with E-state index in [2.05, 4.69) is 15.1 Å². The second-order valence-corrected chi connectivity index (χ2v) is 8.46.